The Morgan fingerprint density at radius 3 is 2.67 bits per heavy atom. The molecule has 6 rings (SSSR count). The van der Waals surface area contributed by atoms with Crippen LogP contribution in [0.5, 0.6) is 11.5 Å². The summed E-state index contributed by atoms with van der Waals surface area (Å²) in [5, 5.41) is 12.7. The molecule has 0 spiro atoms. The van der Waals surface area contributed by atoms with Crippen LogP contribution < -0.4 is 15.2 Å². The Morgan fingerprint density at radius 2 is 1.76 bits per heavy atom. The zero-order valence-electron chi connectivity index (χ0n) is 18.0. The van der Waals surface area contributed by atoms with Crippen molar-refractivity contribution in [1.29, 1.82) is 0 Å². The molecule has 7 heteroatoms. The van der Waals surface area contributed by atoms with Crippen LogP contribution in [0.25, 0.3) is 0 Å². The quantitative estimate of drug-likeness (QED) is 0.543. The summed E-state index contributed by atoms with van der Waals surface area (Å²) in [6.07, 6.45) is 7.12. The molecule has 0 saturated heterocycles. The molecule has 2 aliphatic heterocycles. The van der Waals surface area contributed by atoms with Gasteiger partial charge < -0.3 is 14.7 Å². The number of fused-ring (bicyclic) bond motifs is 7. The highest BCUT2D eigenvalue weighted by molar-refractivity contribution is 5.96. The van der Waals surface area contributed by atoms with Crippen molar-refractivity contribution >= 4 is 5.91 Å². The fraction of sp³-hybridized carbons (Fsp3) is 0.231. The highest BCUT2D eigenvalue weighted by atomic mass is 16.5. The van der Waals surface area contributed by atoms with Crippen LogP contribution in [0.4, 0.5) is 0 Å². The van der Waals surface area contributed by atoms with Gasteiger partial charge in [-0.3, -0.25) is 19.3 Å². The van der Waals surface area contributed by atoms with E-state index in [9.17, 15) is 14.7 Å². The molecule has 7 nitrogen and oxygen atoms in total. The molecule has 0 fully saturated rings. The van der Waals surface area contributed by atoms with Crippen LogP contribution in [0, 0.1) is 0 Å². The molecular formula is C26H23N3O4. The first-order valence-electron chi connectivity index (χ1n) is 11.1. The maximum absolute atomic E-state index is 13.3. The van der Waals surface area contributed by atoms with Crippen molar-refractivity contribution in [2.45, 2.75) is 18.9 Å². The van der Waals surface area contributed by atoms with Gasteiger partial charge in [-0.1, -0.05) is 42.5 Å². The fourth-order valence-corrected chi connectivity index (χ4v) is 5.15. The number of aromatic nitrogens is 1. The number of ether oxygens (including phenoxy) is 1. The predicted molar refractivity (Wildman–Crippen MR) is 123 cm³/mol. The van der Waals surface area contributed by atoms with E-state index in [1.165, 1.54) is 17.2 Å². The van der Waals surface area contributed by atoms with Gasteiger partial charge in [0.25, 0.3) is 5.91 Å². The zero-order chi connectivity index (χ0) is 22.5. The summed E-state index contributed by atoms with van der Waals surface area (Å²) in [6, 6.07) is 15.5. The third-order valence-corrected chi connectivity index (χ3v) is 6.70. The van der Waals surface area contributed by atoms with Crippen molar-refractivity contribution in [2.75, 3.05) is 24.8 Å². The van der Waals surface area contributed by atoms with Gasteiger partial charge in [-0.15, -0.1) is 0 Å². The SMILES string of the molecule is O=C1c2c(O)c(=O)ccn2N2CN1C/C=C\COc1cccc3c1[C@@H]2c1ccccc1CC3. The summed E-state index contributed by atoms with van der Waals surface area (Å²) >= 11 is 0. The zero-order valence-corrected chi connectivity index (χ0v) is 18.0. The Hall–Kier alpha value is -4.00. The van der Waals surface area contributed by atoms with E-state index in [0.29, 0.717) is 19.8 Å². The standard InChI is InChI=1S/C26H23N3O4/c30-20-12-14-28-24(25(20)31)26(32)27-13-3-4-15-33-21-9-5-7-18-11-10-17-6-1-2-8-19(17)23(22(18)21)29(28)16-27/h1-9,12,14,23,31H,10-11,13,15-16H2/b4-3-/t23-/m0/s1. The van der Waals surface area contributed by atoms with Gasteiger partial charge in [-0.2, -0.15) is 0 Å². The maximum Gasteiger partial charge on any atom is 0.278 e. The van der Waals surface area contributed by atoms with Gasteiger partial charge in [0.2, 0.25) is 5.43 Å². The Balaban J connectivity index is 1.68. The maximum atomic E-state index is 13.3. The summed E-state index contributed by atoms with van der Waals surface area (Å²) in [5.74, 6) is -0.0968. The highest BCUT2D eigenvalue weighted by Crippen LogP contribution is 2.42. The van der Waals surface area contributed by atoms with Crippen LogP contribution in [0.15, 0.2) is 71.7 Å². The van der Waals surface area contributed by atoms with Crippen molar-refractivity contribution in [1.82, 2.24) is 9.58 Å². The van der Waals surface area contributed by atoms with E-state index < -0.39 is 11.2 Å². The molecule has 1 N–H and O–H groups in total. The lowest BCUT2D eigenvalue weighted by Gasteiger charge is -2.44. The van der Waals surface area contributed by atoms with E-state index in [4.69, 9.17) is 4.74 Å². The number of carbonyl (C=O) groups is 1. The lowest BCUT2D eigenvalue weighted by Crippen LogP contribution is -2.55. The van der Waals surface area contributed by atoms with Gasteiger partial charge in [-0.05, 0) is 41.7 Å². The summed E-state index contributed by atoms with van der Waals surface area (Å²) in [5.41, 5.74) is 4.01. The Morgan fingerprint density at radius 1 is 0.939 bits per heavy atom. The topological polar surface area (TPSA) is 75.0 Å². The molecule has 1 amide bonds. The van der Waals surface area contributed by atoms with E-state index >= 15 is 0 Å². The van der Waals surface area contributed by atoms with E-state index in [0.717, 1.165) is 29.7 Å². The van der Waals surface area contributed by atoms with Crippen molar-refractivity contribution in [3.8, 4) is 11.5 Å². The predicted octanol–water partition coefficient (Wildman–Crippen LogP) is 2.74. The minimum atomic E-state index is -0.568. The van der Waals surface area contributed by atoms with Crippen LogP contribution in [0.1, 0.15) is 38.8 Å². The molecule has 3 aliphatic rings. The van der Waals surface area contributed by atoms with Crippen molar-refractivity contribution in [3.05, 3.63) is 105 Å². The number of rotatable bonds is 0. The molecule has 0 saturated carbocycles. The summed E-state index contributed by atoms with van der Waals surface area (Å²) in [6.45, 7) is 1.03. The van der Waals surface area contributed by atoms with E-state index in [2.05, 4.69) is 18.2 Å². The van der Waals surface area contributed by atoms with Crippen LogP contribution in [0.3, 0.4) is 0 Å². The second kappa shape index (κ2) is 7.55. The van der Waals surface area contributed by atoms with E-state index in [1.807, 2.05) is 41.4 Å². The molecule has 33 heavy (non-hydrogen) atoms. The second-order valence-electron chi connectivity index (χ2n) is 8.54. The molecule has 2 aromatic carbocycles. The Bertz CT molecular complexity index is 1360. The van der Waals surface area contributed by atoms with Gasteiger partial charge in [0.05, 0.1) is 0 Å². The van der Waals surface area contributed by atoms with Crippen LogP contribution in [-0.4, -0.2) is 40.4 Å². The Labute approximate surface area is 190 Å². The van der Waals surface area contributed by atoms with Crippen LogP contribution in [-0.2, 0) is 12.8 Å². The molecule has 3 heterocycles. The van der Waals surface area contributed by atoms with Crippen LogP contribution in [0.2, 0.25) is 0 Å². The molecule has 0 radical (unpaired) electrons. The van der Waals surface area contributed by atoms with Gasteiger partial charge in [0.15, 0.2) is 11.4 Å². The molecule has 3 aromatic rings. The number of hydrogen-bond acceptors (Lipinski definition) is 5. The molecule has 1 atom stereocenters. The third-order valence-electron chi connectivity index (χ3n) is 6.70. The minimum Gasteiger partial charge on any atom is -0.502 e. The normalized spacial score (nSPS) is 19.9. The van der Waals surface area contributed by atoms with Gasteiger partial charge in [0.1, 0.15) is 25.1 Å². The van der Waals surface area contributed by atoms with Gasteiger partial charge >= 0.3 is 0 Å². The Kier molecular flexibility index (Phi) is 4.50. The van der Waals surface area contributed by atoms with Gasteiger partial charge in [0, 0.05) is 24.4 Å². The lowest BCUT2D eigenvalue weighted by molar-refractivity contribution is 0.0701. The number of benzene rings is 2. The lowest BCUT2D eigenvalue weighted by atomic mass is 9.93. The highest BCUT2D eigenvalue weighted by Gasteiger charge is 2.39. The summed E-state index contributed by atoms with van der Waals surface area (Å²) in [7, 11) is 0. The molecule has 2 bridgehead atoms. The molecule has 1 aromatic heterocycles. The molecule has 166 valence electrons. The summed E-state index contributed by atoms with van der Waals surface area (Å²) < 4.78 is 7.86. The number of pyridine rings is 1. The molecular weight excluding hydrogens is 418 g/mol. The number of hydrogen-bond donors (Lipinski definition) is 1. The average molecular weight is 441 g/mol. The van der Waals surface area contributed by atoms with Crippen molar-refractivity contribution in [3.63, 3.8) is 0 Å². The first-order chi connectivity index (χ1) is 16.1. The van der Waals surface area contributed by atoms with E-state index in [-0.39, 0.29) is 17.6 Å². The monoisotopic (exact) mass is 441 g/mol. The van der Waals surface area contributed by atoms with E-state index in [1.54, 1.807) is 15.8 Å². The number of aryl methyl sites for hydroxylation is 2. The smallest absolute Gasteiger partial charge is 0.278 e. The van der Waals surface area contributed by atoms with Crippen molar-refractivity contribution < 1.29 is 14.6 Å². The fourth-order valence-electron chi connectivity index (χ4n) is 5.15. The first-order valence-corrected chi connectivity index (χ1v) is 11.1. The average Bonchev–Trinajstić information content (AvgIpc) is 3.01. The van der Waals surface area contributed by atoms with Crippen molar-refractivity contribution in [2.24, 2.45) is 0 Å². The first kappa shape index (κ1) is 19.7. The number of amides is 1. The summed E-state index contributed by atoms with van der Waals surface area (Å²) in [4.78, 5) is 27.2. The number of nitrogens with zero attached hydrogens (tertiary/aromatic N) is 3. The second-order valence-corrected chi connectivity index (χ2v) is 8.54. The molecule has 1 aliphatic carbocycles. The number of aromatic hydroxyl groups is 1. The third kappa shape index (κ3) is 3.03. The number of carbonyl (C=O) groups excluding carboxylic acids is 1. The van der Waals surface area contributed by atoms with Crippen LogP contribution >= 0.6 is 0 Å². The molecule has 0 unspecified atom stereocenters. The largest absolute Gasteiger partial charge is 0.502 e. The minimum absolute atomic E-state index is 0.0110. The van der Waals surface area contributed by atoms with Gasteiger partial charge in [-0.25, -0.2) is 0 Å².